The molecule has 1 aromatic heterocycles. The summed E-state index contributed by atoms with van der Waals surface area (Å²) in [5.74, 6) is 1.81. The van der Waals surface area contributed by atoms with Crippen LogP contribution in [-0.2, 0) is 31.8 Å². The number of esters is 2. The number of ether oxygens (including phenoxy) is 6. The first-order valence-electron chi connectivity index (χ1n) is 19.4. The molecule has 8 aliphatic rings. The number of aryl methyl sites for hydroxylation is 1. The van der Waals surface area contributed by atoms with Gasteiger partial charge in [-0.25, -0.2) is 4.79 Å². The van der Waals surface area contributed by atoms with Crippen LogP contribution in [0.4, 0.5) is 0 Å². The Morgan fingerprint density at radius 3 is 2.63 bits per heavy atom. The number of aliphatic hydroxyl groups excluding tert-OH is 1. The number of thioether (sulfide) groups is 1. The number of nitrogens with one attached hydrogen (secondary N) is 1. The second-order valence-corrected chi connectivity index (χ2v) is 17.5. The molecule has 57 heavy (non-hydrogen) atoms. The minimum atomic E-state index is -1.39. The molecule has 8 atom stereocenters. The molecule has 8 aliphatic heterocycles. The first kappa shape index (κ1) is 35.5. The Morgan fingerprint density at radius 1 is 1.05 bits per heavy atom. The van der Waals surface area contributed by atoms with Crippen molar-refractivity contribution < 1.29 is 52.6 Å². The van der Waals surface area contributed by atoms with Crippen LogP contribution in [0.3, 0.4) is 0 Å². The Morgan fingerprint density at radius 2 is 1.86 bits per heavy atom. The van der Waals surface area contributed by atoms with Crippen LogP contribution < -0.4 is 29.0 Å². The summed E-state index contributed by atoms with van der Waals surface area (Å²) in [4.78, 5) is 32.4. The summed E-state index contributed by atoms with van der Waals surface area (Å²) >= 11 is 1.51. The van der Waals surface area contributed by atoms with E-state index in [2.05, 4.69) is 28.1 Å². The molecule has 0 aliphatic carbocycles. The highest BCUT2D eigenvalue weighted by Gasteiger charge is 2.71. The lowest BCUT2D eigenvalue weighted by Crippen LogP contribution is -2.64. The molecule has 3 unspecified atom stereocenters. The topological polar surface area (TPSA) is 162 Å². The monoisotopic (exact) mass is 797 g/mol. The van der Waals surface area contributed by atoms with Crippen LogP contribution in [0.15, 0.2) is 28.7 Å². The number of nitrogens with zero attached hydrogens (tertiary/aromatic N) is 2. The third-order valence-corrected chi connectivity index (χ3v) is 15.4. The largest absolute Gasteiger partial charge is 0.504 e. The third kappa shape index (κ3) is 4.31. The van der Waals surface area contributed by atoms with Crippen LogP contribution in [0.25, 0.3) is 11.0 Å². The fraction of sp³-hybridized carbons (Fsp3) is 0.476. The smallest absolute Gasteiger partial charge is 0.335 e. The molecule has 4 bridgehead atoms. The lowest BCUT2D eigenvalue weighted by Gasteiger charge is -2.55. The quantitative estimate of drug-likeness (QED) is 0.192. The van der Waals surface area contributed by atoms with Gasteiger partial charge in [0, 0.05) is 70.9 Å². The highest BCUT2D eigenvalue weighted by Crippen LogP contribution is 2.71. The fourth-order valence-corrected chi connectivity index (χ4v) is 13.1. The normalized spacial score (nSPS) is 31.8. The second kappa shape index (κ2) is 11.9. The average Bonchev–Trinajstić information content (AvgIpc) is 3.84. The molecule has 0 radical (unpaired) electrons. The van der Waals surface area contributed by atoms with Crippen molar-refractivity contribution in [3.8, 4) is 34.5 Å². The number of aliphatic hydroxyl groups is 1. The number of hydrogen-bond donors (Lipinski definition) is 3. The van der Waals surface area contributed by atoms with Gasteiger partial charge in [-0.3, -0.25) is 19.9 Å². The van der Waals surface area contributed by atoms with Gasteiger partial charge in [0.15, 0.2) is 28.5 Å². The van der Waals surface area contributed by atoms with Crippen LogP contribution in [0, 0.1) is 19.8 Å². The van der Waals surface area contributed by atoms with E-state index in [0.29, 0.717) is 76.3 Å². The molecule has 4 aromatic rings. The van der Waals surface area contributed by atoms with Gasteiger partial charge < -0.3 is 43.1 Å². The Hall–Kier alpha value is -4.67. The predicted octanol–water partition coefficient (Wildman–Crippen LogP) is 4.76. The number of phenolic OH excluding ortho intramolecular Hbond substituents is 1. The number of methoxy groups -OCH3 is 2. The molecule has 14 nitrogen and oxygen atoms in total. The van der Waals surface area contributed by atoms with Crippen LogP contribution in [-0.4, -0.2) is 90.7 Å². The Labute approximate surface area is 332 Å². The maximum Gasteiger partial charge on any atom is 0.335 e. The summed E-state index contributed by atoms with van der Waals surface area (Å²) in [7, 11) is 3.18. The summed E-state index contributed by atoms with van der Waals surface area (Å²) in [5, 5.41) is 28.8. The summed E-state index contributed by atoms with van der Waals surface area (Å²) in [6.45, 7) is 8.11. The molecular weight excluding hydrogens is 755 g/mol. The van der Waals surface area contributed by atoms with Gasteiger partial charge in [0.05, 0.1) is 37.1 Å². The van der Waals surface area contributed by atoms with Gasteiger partial charge in [-0.05, 0) is 62.6 Å². The van der Waals surface area contributed by atoms with Crippen molar-refractivity contribution in [3.63, 3.8) is 0 Å². The van der Waals surface area contributed by atoms with E-state index in [1.165, 1.54) is 18.7 Å². The van der Waals surface area contributed by atoms with E-state index >= 15 is 0 Å². The van der Waals surface area contributed by atoms with Gasteiger partial charge in [-0.15, -0.1) is 11.8 Å². The Bertz CT molecular complexity index is 2470. The minimum absolute atomic E-state index is 0.0490. The highest BCUT2D eigenvalue weighted by molar-refractivity contribution is 7.99. The van der Waals surface area contributed by atoms with Crippen LogP contribution in [0.2, 0.25) is 0 Å². The van der Waals surface area contributed by atoms with E-state index in [1.54, 1.807) is 14.2 Å². The van der Waals surface area contributed by atoms with E-state index in [9.17, 15) is 19.8 Å². The summed E-state index contributed by atoms with van der Waals surface area (Å²) in [5.41, 5.74) is 4.01. The zero-order valence-electron chi connectivity index (χ0n) is 32.4. The number of aromatic hydroxyl groups is 1. The SMILES string of the molecule is COc1ccc2oc3c(c2c1)CCN[C@]31CS[C@@H]2c3c(OC(C)=O)c(C)c4c(c3[C@H](COC1=O)N1C(O)C3CN5[C@H](c6c(cc(C)c(OC)c6O)[C@@]35C)C21)OCO4. The van der Waals surface area contributed by atoms with Crippen LogP contribution >= 0.6 is 11.8 Å². The van der Waals surface area contributed by atoms with E-state index in [-0.39, 0.29) is 30.8 Å². The molecule has 9 heterocycles. The van der Waals surface area contributed by atoms with Gasteiger partial charge in [0.2, 0.25) is 6.79 Å². The first-order valence-corrected chi connectivity index (χ1v) is 20.4. The highest BCUT2D eigenvalue weighted by atomic mass is 32.2. The molecule has 12 rings (SSSR count). The zero-order valence-corrected chi connectivity index (χ0v) is 33.2. The molecule has 15 heteroatoms. The number of fused-ring (bicyclic) bond motifs is 12. The number of phenols is 1. The molecule has 298 valence electrons. The molecule has 3 saturated heterocycles. The number of hydrogen-bond acceptors (Lipinski definition) is 15. The van der Waals surface area contributed by atoms with E-state index in [1.807, 2.05) is 32.0 Å². The van der Waals surface area contributed by atoms with Crippen molar-refractivity contribution in [3.05, 3.63) is 69.0 Å². The molecule has 3 fully saturated rings. The van der Waals surface area contributed by atoms with E-state index in [4.69, 9.17) is 32.8 Å². The van der Waals surface area contributed by atoms with E-state index < -0.39 is 52.6 Å². The molecule has 0 saturated carbocycles. The van der Waals surface area contributed by atoms with Crippen LogP contribution in [0.1, 0.15) is 75.9 Å². The first-order chi connectivity index (χ1) is 27.4. The molecule has 0 amide bonds. The molecule has 1 spiro atoms. The van der Waals surface area contributed by atoms with Gasteiger partial charge in [-0.1, -0.05) is 0 Å². The van der Waals surface area contributed by atoms with Crippen LogP contribution in [0.5, 0.6) is 34.5 Å². The van der Waals surface area contributed by atoms with Crippen molar-refractivity contribution >= 4 is 34.7 Å². The predicted molar refractivity (Wildman–Crippen MR) is 205 cm³/mol. The maximum atomic E-state index is 14.9. The van der Waals surface area contributed by atoms with E-state index in [0.717, 1.165) is 27.6 Å². The lowest BCUT2D eigenvalue weighted by atomic mass is 9.70. The maximum absolute atomic E-state index is 14.9. The molecule has 3 aromatic carbocycles. The molecule has 3 N–H and O–H groups in total. The van der Waals surface area contributed by atoms with Crippen molar-refractivity contribution in [2.75, 3.05) is 46.5 Å². The van der Waals surface area contributed by atoms with Crippen molar-refractivity contribution in [2.24, 2.45) is 5.92 Å². The van der Waals surface area contributed by atoms with Gasteiger partial charge in [0.25, 0.3) is 0 Å². The Kier molecular flexibility index (Phi) is 7.44. The summed E-state index contributed by atoms with van der Waals surface area (Å²) in [6, 6.07) is 5.96. The Balaban J connectivity index is 1.18. The summed E-state index contributed by atoms with van der Waals surface area (Å²) < 4.78 is 42.9. The van der Waals surface area contributed by atoms with Crippen molar-refractivity contribution in [1.82, 2.24) is 15.1 Å². The van der Waals surface area contributed by atoms with Gasteiger partial charge >= 0.3 is 11.9 Å². The number of rotatable bonds is 3. The third-order valence-electron chi connectivity index (χ3n) is 13.9. The minimum Gasteiger partial charge on any atom is -0.504 e. The summed E-state index contributed by atoms with van der Waals surface area (Å²) in [6.07, 6.45) is -0.367. The zero-order chi connectivity index (χ0) is 39.4. The number of carbonyl (C=O) groups excluding carboxylic acids is 2. The van der Waals surface area contributed by atoms with Crippen molar-refractivity contribution in [2.45, 2.75) is 74.8 Å². The number of benzene rings is 3. The van der Waals surface area contributed by atoms with Gasteiger partial charge in [-0.2, -0.15) is 0 Å². The average molecular weight is 798 g/mol. The standard InChI is InChI=1S/C42H43N3O11S/c1-17-11-23-27(32(47)33(17)51-6)30-31-37-29-28(36-35(53-16-54-36)18(2)34(29)55-19(3)46)25(45(31)39(48)24-13-44(30)41(23,24)4)14-52-40(49)42(15-57-37)38-21(9-10-43-42)22-12-20(50-5)7-8-26(22)56-38/h7-8,11-12,24-25,30-31,37,39,43,47-48H,9-10,13-16H2,1-6H3/t24?,25-,30+,31?,37+,39?,41-,42+/m0/s1. The molecular formula is C42H43N3O11S. The number of furan rings is 1. The fourth-order valence-electron chi connectivity index (χ4n) is 11.4. The van der Waals surface area contributed by atoms with Gasteiger partial charge in [0.1, 0.15) is 35.7 Å². The second-order valence-electron chi connectivity index (χ2n) is 16.4. The lowest BCUT2D eigenvalue weighted by molar-refractivity contribution is -0.167. The number of carbonyl (C=O) groups is 2. The van der Waals surface area contributed by atoms with Crippen molar-refractivity contribution in [1.29, 1.82) is 0 Å².